The molecule has 28 heavy (non-hydrogen) atoms. The van der Waals surface area contributed by atoms with E-state index in [4.69, 9.17) is 0 Å². The van der Waals surface area contributed by atoms with Crippen LogP contribution in [0, 0.1) is 6.92 Å². The summed E-state index contributed by atoms with van der Waals surface area (Å²) >= 11 is 0. The highest BCUT2D eigenvalue weighted by atomic mass is 32.2. The van der Waals surface area contributed by atoms with Gasteiger partial charge in [-0.3, -0.25) is 14.3 Å². The van der Waals surface area contributed by atoms with Gasteiger partial charge in [0, 0.05) is 19.7 Å². The maximum absolute atomic E-state index is 12.9. The van der Waals surface area contributed by atoms with Gasteiger partial charge in [-0.15, -0.1) is 0 Å². The Morgan fingerprint density at radius 1 is 1.04 bits per heavy atom. The monoisotopic (exact) mass is 401 g/mol. The van der Waals surface area contributed by atoms with Crippen LogP contribution in [0.5, 0.6) is 0 Å². The average molecular weight is 401 g/mol. The van der Waals surface area contributed by atoms with E-state index in [1.807, 2.05) is 0 Å². The van der Waals surface area contributed by atoms with Gasteiger partial charge < -0.3 is 10.6 Å². The van der Waals surface area contributed by atoms with Crippen LogP contribution in [0.4, 0.5) is 11.4 Å². The van der Waals surface area contributed by atoms with Gasteiger partial charge in [0.15, 0.2) is 0 Å². The molecule has 0 aliphatic heterocycles. The van der Waals surface area contributed by atoms with Crippen LogP contribution in [-0.2, 0) is 25.0 Å². The first-order valence-corrected chi connectivity index (χ1v) is 10.4. The molecular formula is C20H23N3O4S. The summed E-state index contributed by atoms with van der Waals surface area (Å²) in [6.07, 6.45) is 1.56. The second-order valence-electron chi connectivity index (χ2n) is 7.02. The first kappa shape index (κ1) is 19.9. The molecule has 0 aromatic heterocycles. The molecule has 2 amide bonds. The summed E-state index contributed by atoms with van der Waals surface area (Å²) in [5.41, 5.74) is 1.72. The van der Waals surface area contributed by atoms with Gasteiger partial charge in [-0.05, 0) is 55.2 Å². The first-order chi connectivity index (χ1) is 13.2. The second-order valence-corrected chi connectivity index (χ2v) is 8.68. The predicted octanol–water partition coefficient (Wildman–Crippen LogP) is 2.53. The molecule has 2 aromatic rings. The number of carbonyl (C=O) groups excluding carboxylic acids is 2. The molecular weight excluding hydrogens is 378 g/mol. The van der Waals surface area contributed by atoms with Gasteiger partial charge in [-0.2, -0.15) is 0 Å². The van der Waals surface area contributed by atoms with Gasteiger partial charge >= 0.3 is 0 Å². The molecule has 0 saturated heterocycles. The molecule has 2 aromatic carbocycles. The van der Waals surface area contributed by atoms with Gasteiger partial charge in [0.1, 0.15) is 4.90 Å². The molecule has 1 fully saturated rings. The SMILES string of the molecule is CNC(=O)C1(c2ccc(NS(=O)(=O)c3cc(C)ccc3NC(C)=O)cc2)CC1. The molecule has 3 N–H and O–H groups in total. The number of aryl methyl sites for hydroxylation is 1. The number of rotatable bonds is 6. The Morgan fingerprint density at radius 2 is 1.68 bits per heavy atom. The van der Waals surface area contributed by atoms with E-state index in [-0.39, 0.29) is 22.4 Å². The third-order valence-electron chi connectivity index (χ3n) is 4.84. The van der Waals surface area contributed by atoms with Crippen molar-refractivity contribution < 1.29 is 18.0 Å². The Morgan fingerprint density at radius 3 is 2.21 bits per heavy atom. The molecule has 0 unspecified atom stereocenters. The van der Waals surface area contributed by atoms with Crippen LogP contribution in [0.1, 0.15) is 30.9 Å². The second kappa shape index (κ2) is 7.27. The fourth-order valence-electron chi connectivity index (χ4n) is 3.22. The third kappa shape index (κ3) is 3.87. The number of anilines is 2. The van der Waals surface area contributed by atoms with Crippen LogP contribution < -0.4 is 15.4 Å². The van der Waals surface area contributed by atoms with Crippen molar-refractivity contribution in [3.05, 3.63) is 53.6 Å². The highest BCUT2D eigenvalue weighted by Gasteiger charge is 2.50. The molecule has 0 atom stereocenters. The Balaban J connectivity index is 1.87. The van der Waals surface area contributed by atoms with Gasteiger partial charge in [-0.1, -0.05) is 18.2 Å². The minimum atomic E-state index is -3.91. The quantitative estimate of drug-likeness (QED) is 0.692. The number of amides is 2. The van der Waals surface area contributed by atoms with Crippen LogP contribution in [0.25, 0.3) is 0 Å². The van der Waals surface area contributed by atoms with Gasteiger partial charge in [0.2, 0.25) is 11.8 Å². The number of likely N-dealkylation sites (N-methyl/N-ethyl adjacent to an activating group) is 1. The van der Waals surface area contributed by atoms with Gasteiger partial charge in [0.25, 0.3) is 10.0 Å². The van der Waals surface area contributed by atoms with Crippen molar-refractivity contribution in [3.63, 3.8) is 0 Å². The van der Waals surface area contributed by atoms with Crippen LogP contribution in [-0.4, -0.2) is 27.3 Å². The predicted molar refractivity (Wildman–Crippen MR) is 108 cm³/mol. The minimum absolute atomic E-state index is 0.00389. The van der Waals surface area contributed by atoms with E-state index in [2.05, 4.69) is 15.4 Å². The smallest absolute Gasteiger partial charge is 0.263 e. The Kier molecular flexibility index (Phi) is 5.16. The van der Waals surface area contributed by atoms with Crippen molar-refractivity contribution in [3.8, 4) is 0 Å². The maximum atomic E-state index is 12.9. The van der Waals surface area contributed by atoms with Crippen LogP contribution in [0.3, 0.4) is 0 Å². The lowest BCUT2D eigenvalue weighted by Gasteiger charge is -2.16. The normalized spacial score (nSPS) is 14.8. The number of carbonyl (C=O) groups is 2. The number of benzene rings is 2. The summed E-state index contributed by atoms with van der Waals surface area (Å²) in [5, 5.41) is 5.23. The zero-order valence-corrected chi connectivity index (χ0v) is 16.8. The van der Waals surface area contributed by atoms with E-state index in [0.29, 0.717) is 5.69 Å². The van der Waals surface area contributed by atoms with Gasteiger partial charge in [0.05, 0.1) is 11.1 Å². The van der Waals surface area contributed by atoms with E-state index in [9.17, 15) is 18.0 Å². The number of hydrogen-bond acceptors (Lipinski definition) is 4. The summed E-state index contributed by atoms with van der Waals surface area (Å²) < 4.78 is 28.3. The van der Waals surface area contributed by atoms with Crippen LogP contribution in [0.2, 0.25) is 0 Å². The topological polar surface area (TPSA) is 104 Å². The number of nitrogens with one attached hydrogen (secondary N) is 3. The minimum Gasteiger partial charge on any atom is -0.358 e. The summed E-state index contributed by atoms with van der Waals surface area (Å²) in [6.45, 7) is 3.10. The summed E-state index contributed by atoms with van der Waals surface area (Å²) in [7, 11) is -2.30. The zero-order chi connectivity index (χ0) is 20.5. The Bertz CT molecular complexity index is 1030. The fourth-order valence-corrected chi connectivity index (χ4v) is 4.53. The molecule has 148 valence electrons. The van der Waals surface area contributed by atoms with E-state index >= 15 is 0 Å². The van der Waals surface area contributed by atoms with E-state index in [0.717, 1.165) is 24.0 Å². The lowest BCUT2D eigenvalue weighted by molar-refractivity contribution is -0.123. The molecule has 1 aliphatic carbocycles. The van der Waals surface area contributed by atoms with E-state index in [1.54, 1.807) is 50.4 Å². The van der Waals surface area contributed by atoms with Crippen LogP contribution in [0.15, 0.2) is 47.4 Å². The third-order valence-corrected chi connectivity index (χ3v) is 6.26. The lowest BCUT2D eigenvalue weighted by Crippen LogP contribution is -2.31. The van der Waals surface area contributed by atoms with Crippen molar-refractivity contribution in [2.45, 2.75) is 37.0 Å². The van der Waals surface area contributed by atoms with Crippen molar-refractivity contribution in [1.29, 1.82) is 0 Å². The number of hydrogen-bond donors (Lipinski definition) is 3. The van der Waals surface area contributed by atoms with Gasteiger partial charge in [-0.25, -0.2) is 8.42 Å². The summed E-state index contributed by atoms with van der Waals surface area (Å²) in [4.78, 5) is 23.5. The molecule has 3 rings (SSSR count). The largest absolute Gasteiger partial charge is 0.358 e. The highest BCUT2D eigenvalue weighted by Crippen LogP contribution is 2.48. The van der Waals surface area contributed by atoms with Crippen molar-refractivity contribution in [2.24, 2.45) is 0 Å². The maximum Gasteiger partial charge on any atom is 0.263 e. The average Bonchev–Trinajstić information content (AvgIpc) is 3.44. The summed E-state index contributed by atoms with van der Waals surface area (Å²) in [6, 6.07) is 11.6. The van der Waals surface area contributed by atoms with Crippen molar-refractivity contribution >= 4 is 33.2 Å². The van der Waals surface area contributed by atoms with E-state index in [1.165, 1.54) is 13.0 Å². The lowest BCUT2D eigenvalue weighted by atomic mass is 9.95. The summed E-state index contributed by atoms with van der Waals surface area (Å²) in [5.74, 6) is -0.380. The molecule has 1 aliphatic rings. The van der Waals surface area contributed by atoms with Crippen LogP contribution >= 0.6 is 0 Å². The molecule has 0 heterocycles. The number of sulfonamides is 1. The fraction of sp³-hybridized carbons (Fsp3) is 0.300. The zero-order valence-electron chi connectivity index (χ0n) is 16.0. The standard InChI is InChI=1S/C20H23N3O4S/c1-13-4-9-17(22-14(2)24)18(12-13)28(26,27)23-16-7-5-15(6-8-16)20(10-11-20)19(25)21-3/h4-9,12,23H,10-11H2,1-3H3,(H,21,25)(H,22,24). The highest BCUT2D eigenvalue weighted by molar-refractivity contribution is 7.92. The Hall–Kier alpha value is -2.87. The molecule has 0 spiro atoms. The molecule has 1 saturated carbocycles. The van der Waals surface area contributed by atoms with Crippen molar-refractivity contribution in [2.75, 3.05) is 17.1 Å². The molecule has 7 nitrogen and oxygen atoms in total. The molecule has 0 bridgehead atoms. The van der Waals surface area contributed by atoms with Crippen molar-refractivity contribution in [1.82, 2.24) is 5.32 Å². The first-order valence-electron chi connectivity index (χ1n) is 8.92. The van der Waals surface area contributed by atoms with E-state index < -0.39 is 15.4 Å². The molecule has 8 heteroatoms. The Labute approximate surface area is 164 Å². The molecule has 0 radical (unpaired) electrons.